The largest absolute Gasteiger partial charge is 0.309 e. The first-order valence-corrected chi connectivity index (χ1v) is 7.39. The molecule has 90 valence electrons. The summed E-state index contributed by atoms with van der Waals surface area (Å²) in [5, 5.41) is 7.80. The average molecular weight is 312 g/mol. The number of aromatic nitrogens is 2. The van der Waals surface area contributed by atoms with Gasteiger partial charge < -0.3 is 5.32 Å². The average Bonchev–Trinajstić information content (AvgIpc) is 2.90. The van der Waals surface area contributed by atoms with Crippen LogP contribution in [0.2, 0.25) is 0 Å². The van der Waals surface area contributed by atoms with Gasteiger partial charge in [0, 0.05) is 28.5 Å². The van der Waals surface area contributed by atoms with Crippen LogP contribution < -0.4 is 5.32 Å². The summed E-state index contributed by atoms with van der Waals surface area (Å²) in [6, 6.07) is 5.19. The summed E-state index contributed by atoms with van der Waals surface area (Å²) in [5.74, 6) is 0. The Kier molecular flexibility index (Phi) is 3.31. The molecule has 2 aromatic rings. The molecule has 0 bridgehead atoms. The molecular weight excluding hydrogens is 298 g/mol. The normalized spacial score (nSPS) is 15.4. The third kappa shape index (κ3) is 3.18. The van der Waals surface area contributed by atoms with Crippen LogP contribution >= 0.6 is 27.3 Å². The minimum Gasteiger partial charge on any atom is -0.309 e. The van der Waals surface area contributed by atoms with E-state index in [0.29, 0.717) is 0 Å². The number of hydrogen-bond acceptors (Lipinski definition) is 3. The Balaban J connectivity index is 1.59. The second kappa shape index (κ2) is 4.92. The van der Waals surface area contributed by atoms with E-state index in [1.807, 2.05) is 28.4 Å². The first-order chi connectivity index (χ1) is 8.29. The van der Waals surface area contributed by atoms with Crippen LogP contribution in [-0.2, 0) is 13.1 Å². The molecule has 0 saturated heterocycles. The molecule has 0 radical (unpaired) electrons. The predicted molar refractivity (Wildman–Crippen MR) is 73.2 cm³/mol. The molecule has 0 aromatic carbocycles. The van der Waals surface area contributed by atoms with Gasteiger partial charge in [-0.25, -0.2) is 0 Å². The van der Waals surface area contributed by atoms with Gasteiger partial charge in [-0.15, -0.1) is 11.3 Å². The Hall–Kier alpha value is -0.650. The van der Waals surface area contributed by atoms with Crippen LogP contribution in [-0.4, -0.2) is 15.8 Å². The molecule has 3 nitrogen and oxygen atoms in total. The maximum absolute atomic E-state index is 4.27. The van der Waals surface area contributed by atoms with Gasteiger partial charge in [-0.3, -0.25) is 4.68 Å². The van der Waals surface area contributed by atoms with E-state index in [4.69, 9.17) is 0 Å². The van der Waals surface area contributed by atoms with Gasteiger partial charge in [-0.05, 0) is 40.9 Å². The van der Waals surface area contributed by atoms with Gasteiger partial charge >= 0.3 is 0 Å². The number of nitrogens with one attached hydrogen (secondary N) is 1. The molecule has 1 saturated carbocycles. The summed E-state index contributed by atoms with van der Waals surface area (Å²) in [6.07, 6.45) is 6.52. The maximum atomic E-state index is 4.27. The first kappa shape index (κ1) is 11.4. The Morgan fingerprint density at radius 1 is 1.41 bits per heavy atom. The molecule has 0 atom stereocenters. The van der Waals surface area contributed by atoms with Gasteiger partial charge in [-0.2, -0.15) is 5.10 Å². The van der Waals surface area contributed by atoms with Crippen LogP contribution in [0.3, 0.4) is 0 Å². The summed E-state index contributed by atoms with van der Waals surface area (Å²) in [7, 11) is 0. The van der Waals surface area contributed by atoms with E-state index in [-0.39, 0.29) is 0 Å². The van der Waals surface area contributed by atoms with Crippen molar-refractivity contribution in [2.24, 2.45) is 0 Å². The lowest BCUT2D eigenvalue weighted by Gasteiger charge is -1.99. The minimum atomic E-state index is 0.780. The van der Waals surface area contributed by atoms with Crippen molar-refractivity contribution in [3.8, 4) is 0 Å². The van der Waals surface area contributed by atoms with Crippen molar-refractivity contribution in [3.05, 3.63) is 38.8 Å². The highest BCUT2D eigenvalue weighted by Crippen LogP contribution is 2.22. The monoisotopic (exact) mass is 311 g/mol. The second-order valence-corrected chi connectivity index (χ2v) is 6.55. The lowest BCUT2D eigenvalue weighted by atomic mass is 10.4. The summed E-state index contributed by atoms with van der Waals surface area (Å²) >= 11 is 5.28. The Morgan fingerprint density at radius 2 is 2.24 bits per heavy atom. The van der Waals surface area contributed by atoms with Crippen molar-refractivity contribution in [3.63, 3.8) is 0 Å². The summed E-state index contributed by atoms with van der Waals surface area (Å²) < 4.78 is 2.98. The topological polar surface area (TPSA) is 29.9 Å². The van der Waals surface area contributed by atoms with Gasteiger partial charge in [0.2, 0.25) is 0 Å². The maximum Gasteiger partial charge on any atom is 0.0752 e. The van der Waals surface area contributed by atoms with E-state index in [1.54, 1.807) is 0 Å². The van der Waals surface area contributed by atoms with Crippen LogP contribution in [0.25, 0.3) is 0 Å². The summed E-state index contributed by atoms with van der Waals surface area (Å²) in [6.45, 7) is 1.87. The quantitative estimate of drug-likeness (QED) is 0.920. The van der Waals surface area contributed by atoms with Gasteiger partial charge in [0.15, 0.2) is 0 Å². The van der Waals surface area contributed by atoms with Crippen LogP contribution in [0.15, 0.2) is 29.0 Å². The van der Waals surface area contributed by atoms with Crippen LogP contribution in [0.5, 0.6) is 0 Å². The van der Waals surface area contributed by atoms with Crippen molar-refractivity contribution in [2.45, 2.75) is 32.0 Å². The summed E-state index contributed by atoms with van der Waals surface area (Å²) in [4.78, 5) is 2.77. The zero-order valence-corrected chi connectivity index (χ0v) is 11.8. The molecule has 2 aromatic heterocycles. The van der Waals surface area contributed by atoms with Crippen molar-refractivity contribution < 1.29 is 0 Å². The van der Waals surface area contributed by atoms with E-state index >= 15 is 0 Å². The number of thiophene rings is 1. The molecule has 2 heterocycles. The van der Waals surface area contributed by atoms with E-state index in [9.17, 15) is 0 Å². The SMILES string of the molecule is Brc1cnn(Cc2ccc(CNC3CC3)s2)c1. The lowest BCUT2D eigenvalue weighted by molar-refractivity contribution is 0.694. The van der Waals surface area contributed by atoms with Crippen molar-refractivity contribution in [1.82, 2.24) is 15.1 Å². The lowest BCUT2D eigenvalue weighted by Crippen LogP contribution is -2.14. The molecule has 0 amide bonds. The highest BCUT2D eigenvalue weighted by molar-refractivity contribution is 9.10. The standard InChI is InChI=1S/C12H14BrN3S/c13-9-5-15-16(7-9)8-12-4-3-11(17-12)6-14-10-1-2-10/h3-5,7,10,14H,1-2,6,8H2. The molecule has 1 N–H and O–H groups in total. The number of halogens is 1. The molecule has 17 heavy (non-hydrogen) atoms. The molecule has 1 aliphatic rings. The third-order valence-electron chi connectivity index (χ3n) is 2.78. The molecule has 1 aliphatic carbocycles. The van der Waals surface area contributed by atoms with E-state index < -0.39 is 0 Å². The zero-order valence-electron chi connectivity index (χ0n) is 9.40. The second-order valence-electron chi connectivity index (χ2n) is 4.38. The number of rotatable bonds is 5. The van der Waals surface area contributed by atoms with Crippen molar-refractivity contribution in [1.29, 1.82) is 0 Å². The van der Waals surface area contributed by atoms with Crippen LogP contribution in [0.1, 0.15) is 22.6 Å². The fourth-order valence-electron chi connectivity index (χ4n) is 1.72. The fraction of sp³-hybridized carbons (Fsp3) is 0.417. The van der Waals surface area contributed by atoms with Gasteiger partial charge in [0.25, 0.3) is 0 Å². The van der Waals surface area contributed by atoms with E-state index in [0.717, 1.165) is 23.6 Å². The number of nitrogens with zero attached hydrogens (tertiary/aromatic N) is 2. The van der Waals surface area contributed by atoms with Gasteiger partial charge in [-0.1, -0.05) is 0 Å². The molecule has 1 fully saturated rings. The minimum absolute atomic E-state index is 0.780. The van der Waals surface area contributed by atoms with Crippen molar-refractivity contribution >= 4 is 27.3 Å². The summed E-state index contributed by atoms with van der Waals surface area (Å²) in [5.41, 5.74) is 0. The van der Waals surface area contributed by atoms with Crippen LogP contribution in [0.4, 0.5) is 0 Å². The molecule has 5 heteroatoms. The Morgan fingerprint density at radius 3 is 2.94 bits per heavy atom. The van der Waals surface area contributed by atoms with Gasteiger partial charge in [0.05, 0.1) is 17.2 Å². The smallest absolute Gasteiger partial charge is 0.0752 e. The van der Waals surface area contributed by atoms with Crippen LogP contribution in [0, 0.1) is 0 Å². The van der Waals surface area contributed by atoms with E-state index in [1.165, 1.54) is 22.6 Å². The number of hydrogen-bond donors (Lipinski definition) is 1. The fourth-order valence-corrected chi connectivity index (χ4v) is 3.01. The van der Waals surface area contributed by atoms with E-state index in [2.05, 4.69) is 38.5 Å². The molecule has 0 unspecified atom stereocenters. The van der Waals surface area contributed by atoms with Gasteiger partial charge in [0.1, 0.15) is 0 Å². The van der Waals surface area contributed by atoms with Crippen molar-refractivity contribution in [2.75, 3.05) is 0 Å². The Labute approximate surface area is 113 Å². The molecule has 0 spiro atoms. The first-order valence-electron chi connectivity index (χ1n) is 5.78. The Bertz CT molecular complexity index is 501. The molecule has 3 rings (SSSR count). The molecule has 0 aliphatic heterocycles. The third-order valence-corrected chi connectivity index (χ3v) is 4.26. The highest BCUT2D eigenvalue weighted by Gasteiger charge is 2.20. The highest BCUT2D eigenvalue weighted by atomic mass is 79.9. The molecular formula is C12H14BrN3S. The predicted octanol–water partition coefficient (Wildman–Crippen LogP) is 3.01. The zero-order chi connectivity index (χ0) is 11.7.